The van der Waals surface area contributed by atoms with Gasteiger partial charge in [0.25, 0.3) is 5.91 Å². The monoisotopic (exact) mass is 352 g/mol. The maximum absolute atomic E-state index is 13.3. The number of carboxylic acids is 1. The van der Waals surface area contributed by atoms with Gasteiger partial charge in [-0.3, -0.25) is 9.59 Å². The molecule has 0 aliphatic carbocycles. The van der Waals surface area contributed by atoms with Crippen molar-refractivity contribution < 1.29 is 14.7 Å². The molecule has 3 rings (SSSR count). The fraction of sp³-hybridized carbons (Fsp3) is 0.263. The molecule has 0 radical (unpaired) electrons. The molecule has 0 aliphatic rings. The lowest BCUT2D eigenvalue weighted by molar-refractivity contribution is -0.141. The van der Waals surface area contributed by atoms with Gasteiger partial charge in [-0.2, -0.15) is 14.8 Å². The van der Waals surface area contributed by atoms with Gasteiger partial charge in [0, 0.05) is 19.3 Å². The number of rotatable bonds is 6. The summed E-state index contributed by atoms with van der Waals surface area (Å²) in [6, 6.07) is 13.0. The topological polar surface area (TPSA) is 87.8 Å². The molecule has 26 heavy (non-hydrogen) atoms. The van der Waals surface area contributed by atoms with Crippen LogP contribution in [0.3, 0.4) is 0 Å². The van der Waals surface area contributed by atoms with Gasteiger partial charge in [-0.15, -0.1) is 0 Å². The van der Waals surface area contributed by atoms with Crippen LogP contribution in [0.2, 0.25) is 0 Å². The molecule has 1 amide bonds. The number of benzene rings is 1. The lowest BCUT2D eigenvalue weighted by atomic mass is 10.1. The van der Waals surface area contributed by atoms with Crippen LogP contribution in [0, 0.1) is 12.8 Å². The second kappa shape index (κ2) is 7.35. The maximum Gasteiger partial charge on any atom is 0.308 e. The number of hydrogen-bond acceptors (Lipinski definition) is 4. The third kappa shape index (κ3) is 3.56. The molecule has 0 aliphatic heterocycles. The zero-order valence-corrected chi connectivity index (χ0v) is 14.7. The minimum atomic E-state index is -0.936. The molecular weight excluding hydrogens is 332 g/mol. The first-order valence-electron chi connectivity index (χ1n) is 8.34. The predicted octanol–water partition coefficient (Wildman–Crippen LogP) is 2.40. The average Bonchev–Trinajstić information content (AvgIpc) is 2.97. The summed E-state index contributed by atoms with van der Waals surface area (Å²) in [5.41, 5.74) is 2.56. The van der Waals surface area contributed by atoms with Crippen LogP contribution in [0.15, 0.2) is 48.7 Å². The molecule has 2 aromatic heterocycles. The van der Waals surface area contributed by atoms with E-state index >= 15 is 0 Å². The molecule has 0 saturated heterocycles. The number of fused-ring (bicyclic) bond motifs is 1. The van der Waals surface area contributed by atoms with Crippen molar-refractivity contribution >= 4 is 17.4 Å². The highest BCUT2D eigenvalue weighted by Crippen LogP contribution is 2.19. The number of hydrogen-bond donors (Lipinski definition) is 1. The molecule has 1 aromatic carbocycles. The fourth-order valence-electron chi connectivity index (χ4n) is 2.86. The number of carbonyl (C=O) groups is 2. The lowest BCUT2D eigenvalue weighted by Crippen LogP contribution is -2.36. The van der Waals surface area contributed by atoms with Gasteiger partial charge in [0.1, 0.15) is 5.52 Å². The van der Waals surface area contributed by atoms with Gasteiger partial charge in [-0.1, -0.05) is 37.3 Å². The zero-order valence-electron chi connectivity index (χ0n) is 14.7. The minimum absolute atomic E-state index is 0.111. The molecule has 134 valence electrons. The van der Waals surface area contributed by atoms with Gasteiger partial charge in [0.05, 0.1) is 17.2 Å². The smallest absolute Gasteiger partial charge is 0.308 e. The largest absolute Gasteiger partial charge is 0.481 e. The molecular formula is C19H20N4O3. The van der Waals surface area contributed by atoms with Gasteiger partial charge >= 0.3 is 5.97 Å². The van der Waals surface area contributed by atoms with Crippen molar-refractivity contribution in [3.63, 3.8) is 0 Å². The van der Waals surface area contributed by atoms with E-state index in [2.05, 4.69) is 10.2 Å². The number of carbonyl (C=O) groups excluding carboxylic acids is 1. The van der Waals surface area contributed by atoms with Crippen LogP contribution in [0.25, 0.3) is 5.52 Å². The van der Waals surface area contributed by atoms with E-state index in [1.165, 1.54) is 4.63 Å². The molecule has 1 unspecified atom stereocenters. The van der Waals surface area contributed by atoms with E-state index < -0.39 is 11.9 Å². The Bertz CT molecular complexity index is 936. The number of aryl methyl sites for hydroxylation is 1. The Hall–Kier alpha value is -3.22. The molecule has 1 atom stereocenters. The van der Waals surface area contributed by atoms with Gasteiger partial charge in [-0.05, 0) is 24.6 Å². The summed E-state index contributed by atoms with van der Waals surface area (Å²) in [6.07, 6.45) is 1.60. The highest BCUT2D eigenvalue weighted by atomic mass is 16.4. The molecule has 7 heteroatoms. The van der Waals surface area contributed by atoms with Crippen molar-refractivity contribution in [2.45, 2.75) is 20.4 Å². The summed E-state index contributed by atoms with van der Waals surface area (Å²) >= 11 is 0. The molecule has 0 fully saturated rings. The Kier molecular flexibility index (Phi) is 4.97. The molecule has 0 saturated carbocycles. The van der Waals surface area contributed by atoms with Crippen molar-refractivity contribution in [1.82, 2.24) is 19.7 Å². The summed E-state index contributed by atoms with van der Waals surface area (Å²) < 4.78 is 1.42. The molecule has 7 nitrogen and oxygen atoms in total. The van der Waals surface area contributed by atoms with Gasteiger partial charge in [0.2, 0.25) is 0 Å². The fourth-order valence-corrected chi connectivity index (χ4v) is 2.86. The average molecular weight is 352 g/mol. The van der Waals surface area contributed by atoms with Crippen molar-refractivity contribution in [2.75, 3.05) is 6.54 Å². The Morgan fingerprint density at radius 1 is 1.19 bits per heavy atom. The maximum atomic E-state index is 13.3. The summed E-state index contributed by atoms with van der Waals surface area (Å²) in [5, 5.41) is 17.7. The summed E-state index contributed by atoms with van der Waals surface area (Å²) in [4.78, 5) is 26.1. The van der Waals surface area contributed by atoms with Crippen molar-refractivity contribution in [3.8, 4) is 0 Å². The molecule has 3 aromatic rings. The third-order valence-corrected chi connectivity index (χ3v) is 4.23. The van der Waals surface area contributed by atoms with Crippen LogP contribution >= 0.6 is 0 Å². The Morgan fingerprint density at radius 2 is 1.92 bits per heavy atom. The van der Waals surface area contributed by atoms with Crippen LogP contribution < -0.4 is 0 Å². The number of aromatic nitrogens is 3. The van der Waals surface area contributed by atoms with Gasteiger partial charge in [-0.25, -0.2) is 0 Å². The van der Waals surface area contributed by atoms with E-state index in [-0.39, 0.29) is 12.5 Å². The van der Waals surface area contributed by atoms with E-state index in [1.54, 1.807) is 37.1 Å². The standard InChI is InChI=1S/C19H20N4O3/c1-13(19(25)26)11-22(12-15-7-4-3-5-8-15)18(24)17-14(2)21-23-16(17)9-6-10-20-23/h3-10,13H,11-12H2,1-2H3,(H,25,26). The number of carboxylic acid groups (broad SMARTS) is 1. The third-order valence-electron chi connectivity index (χ3n) is 4.23. The van der Waals surface area contributed by atoms with E-state index in [0.29, 0.717) is 23.3 Å². The first-order chi connectivity index (χ1) is 12.5. The number of aliphatic carboxylic acids is 1. The van der Waals surface area contributed by atoms with E-state index in [9.17, 15) is 14.7 Å². The van der Waals surface area contributed by atoms with Gasteiger partial charge < -0.3 is 10.0 Å². The first kappa shape index (κ1) is 17.6. The number of nitrogens with zero attached hydrogens (tertiary/aromatic N) is 4. The van der Waals surface area contributed by atoms with Crippen molar-refractivity contribution in [3.05, 3.63) is 65.5 Å². The Balaban J connectivity index is 1.98. The minimum Gasteiger partial charge on any atom is -0.481 e. The van der Waals surface area contributed by atoms with Crippen molar-refractivity contribution in [1.29, 1.82) is 0 Å². The normalized spacial score (nSPS) is 12.1. The van der Waals surface area contributed by atoms with Crippen LogP contribution in [0.4, 0.5) is 0 Å². The molecule has 0 spiro atoms. The second-order valence-electron chi connectivity index (χ2n) is 6.27. The van der Waals surface area contributed by atoms with Crippen LogP contribution in [0.5, 0.6) is 0 Å². The quantitative estimate of drug-likeness (QED) is 0.736. The zero-order chi connectivity index (χ0) is 18.7. The molecule has 0 bridgehead atoms. The predicted molar refractivity (Wildman–Crippen MR) is 95.7 cm³/mol. The van der Waals surface area contributed by atoms with E-state index in [4.69, 9.17) is 0 Å². The summed E-state index contributed by atoms with van der Waals surface area (Å²) in [5.74, 6) is -1.86. The van der Waals surface area contributed by atoms with Crippen LogP contribution in [-0.4, -0.2) is 43.3 Å². The highest BCUT2D eigenvalue weighted by Gasteiger charge is 2.26. The van der Waals surface area contributed by atoms with E-state index in [0.717, 1.165) is 5.56 Å². The first-order valence-corrected chi connectivity index (χ1v) is 8.34. The van der Waals surface area contributed by atoms with Crippen molar-refractivity contribution in [2.24, 2.45) is 5.92 Å². The SMILES string of the molecule is Cc1nn2ncccc2c1C(=O)N(Cc1ccccc1)CC(C)C(=O)O. The molecule has 1 N–H and O–H groups in total. The second-order valence-corrected chi connectivity index (χ2v) is 6.27. The summed E-state index contributed by atoms with van der Waals surface area (Å²) in [6.45, 7) is 3.79. The molecule has 2 heterocycles. The van der Waals surface area contributed by atoms with Crippen LogP contribution in [0.1, 0.15) is 28.5 Å². The lowest BCUT2D eigenvalue weighted by Gasteiger charge is -2.24. The van der Waals surface area contributed by atoms with E-state index in [1.807, 2.05) is 30.3 Å². The summed E-state index contributed by atoms with van der Waals surface area (Å²) in [7, 11) is 0. The van der Waals surface area contributed by atoms with Gasteiger partial charge in [0.15, 0.2) is 0 Å². The Morgan fingerprint density at radius 3 is 2.62 bits per heavy atom. The number of amides is 1. The Labute approximate surface area is 150 Å². The van der Waals surface area contributed by atoms with Crippen LogP contribution in [-0.2, 0) is 11.3 Å². The highest BCUT2D eigenvalue weighted by molar-refractivity contribution is 6.02.